The van der Waals surface area contributed by atoms with Crippen LogP contribution in [0.25, 0.3) is 11.5 Å². The van der Waals surface area contributed by atoms with Crippen LogP contribution in [0, 0.1) is 0 Å². The maximum Gasteiger partial charge on any atom is 0.259 e. The Morgan fingerprint density at radius 3 is 2.65 bits per heavy atom. The second-order valence-electron chi connectivity index (χ2n) is 5.24. The van der Waals surface area contributed by atoms with Gasteiger partial charge in [0.15, 0.2) is 5.82 Å². The summed E-state index contributed by atoms with van der Waals surface area (Å²) < 4.78 is 5.32. The van der Waals surface area contributed by atoms with Gasteiger partial charge in [0, 0.05) is 0 Å². The first-order valence-electron chi connectivity index (χ1n) is 6.68. The maximum absolute atomic E-state index is 6.40. The van der Waals surface area contributed by atoms with Crippen molar-refractivity contribution < 1.29 is 4.52 Å². The number of aromatic nitrogens is 2. The second-order valence-corrected chi connectivity index (χ2v) is 6.03. The molecule has 1 aromatic heterocycles. The van der Waals surface area contributed by atoms with Crippen LogP contribution in [-0.4, -0.2) is 10.1 Å². The van der Waals surface area contributed by atoms with Gasteiger partial charge < -0.3 is 10.3 Å². The Labute approximate surface area is 127 Å². The maximum atomic E-state index is 6.40. The van der Waals surface area contributed by atoms with Crippen molar-refractivity contribution in [1.82, 2.24) is 10.1 Å². The Balaban J connectivity index is 1.96. The molecular weight excluding hydrogens is 297 g/mol. The fourth-order valence-corrected chi connectivity index (χ4v) is 2.99. The topological polar surface area (TPSA) is 64.9 Å². The van der Waals surface area contributed by atoms with Gasteiger partial charge in [0.2, 0.25) is 0 Å². The molecule has 0 atom stereocenters. The zero-order valence-corrected chi connectivity index (χ0v) is 12.4. The average molecular weight is 312 g/mol. The lowest BCUT2D eigenvalue weighted by Crippen LogP contribution is -2.39. The Kier molecular flexibility index (Phi) is 3.71. The molecule has 1 aliphatic carbocycles. The minimum atomic E-state index is -0.481. The summed E-state index contributed by atoms with van der Waals surface area (Å²) in [6.07, 6.45) is 5.17. The van der Waals surface area contributed by atoms with E-state index in [-0.39, 0.29) is 0 Å². The van der Waals surface area contributed by atoms with Crippen molar-refractivity contribution >= 4 is 23.2 Å². The highest BCUT2D eigenvalue weighted by molar-refractivity contribution is 6.43. The van der Waals surface area contributed by atoms with E-state index in [0.717, 1.165) is 25.7 Å². The van der Waals surface area contributed by atoms with Crippen molar-refractivity contribution in [3.05, 3.63) is 34.1 Å². The summed E-state index contributed by atoms with van der Waals surface area (Å²) in [5.41, 5.74) is 6.55. The summed E-state index contributed by atoms with van der Waals surface area (Å²) in [4.78, 5) is 4.43. The van der Waals surface area contributed by atoms with Gasteiger partial charge in [-0.15, -0.1) is 0 Å². The van der Waals surface area contributed by atoms with Gasteiger partial charge in [0.25, 0.3) is 5.89 Å². The van der Waals surface area contributed by atoms with Crippen LogP contribution < -0.4 is 5.73 Å². The lowest BCUT2D eigenvalue weighted by atomic mass is 9.82. The Hall–Kier alpha value is -1.10. The number of nitrogens with zero attached hydrogens (tertiary/aromatic N) is 2. The zero-order valence-electron chi connectivity index (χ0n) is 10.9. The summed E-state index contributed by atoms with van der Waals surface area (Å²) in [5, 5.41) is 4.92. The molecule has 1 aromatic carbocycles. The first kappa shape index (κ1) is 13.9. The monoisotopic (exact) mass is 311 g/mol. The molecule has 0 unspecified atom stereocenters. The minimum Gasteiger partial charge on any atom is -0.334 e. The summed E-state index contributed by atoms with van der Waals surface area (Å²) in [6, 6.07) is 5.32. The lowest BCUT2D eigenvalue weighted by Gasteiger charge is -2.29. The molecular formula is C14H15Cl2N3O. The van der Waals surface area contributed by atoms with E-state index in [2.05, 4.69) is 10.1 Å². The molecule has 0 amide bonds. The first-order chi connectivity index (χ1) is 9.60. The molecule has 106 valence electrons. The van der Waals surface area contributed by atoms with Crippen molar-refractivity contribution in [3.63, 3.8) is 0 Å². The van der Waals surface area contributed by atoms with Crippen molar-refractivity contribution in [1.29, 1.82) is 0 Å². The fraction of sp³-hybridized carbons (Fsp3) is 0.429. The van der Waals surface area contributed by atoms with E-state index >= 15 is 0 Å². The Bertz CT molecular complexity index is 621. The van der Waals surface area contributed by atoms with Crippen LogP contribution in [0.5, 0.6) is 0 Å². The van der Waals surface area contributed by atoms with Gasteiger partial charge in [-0.2, -0.15) is 4.98 Å². The molecule has 4 nitrogen and oxygen atoms in total. The van der Waals surface area contributed by atoms with E-state index in [0.29, 0.717) is 27.3 Å². The third-order valence-corrected chi connectivity index (χ3v) is 4.62. The van der Waals surface area contributed by atoms with Gasteiger partial charge in [-0.3, -0.25) is 0 Å². The van der Waals surface area contributed by atoms with Gasteiger partial charge in [-0.25, -0.2) is 0 Å². The molecule has 0 aliphatic heterocycles. The average Bonchev–Trinajstić information content (AvgIpc) is 2.93. The smallest absolute Gasteiger partial charge is 0.259 e. The Morgan fingerprint density at radius 1 is 1.15 bits per heavy atom. The van der Waals surface area contributed by atoms with Crippen LogP contribution in [0.4, 0.5) is 0 Å². The van der Waals surface area contributed by atoms with Crippen molar-refractivity contribution in [3.8, 4) is 11.5 Å². The van der Waals surface area contributed by atoms with Gasteiger partial charge in [-0.1, -0.05) is 53.7 Å². The highest BCUT2D eigenvalue weighted by Crippen LogP contribution is 2.36. The summed E-state index contributed by atoms with van der Waals surface area (Å²) in [5.74, 6) is 0.922. The molecule has 2 N–H and O–H groups in total. The third-order valence-electron chi connectivity index (χ3n) is 3.80. The molecule has 0 bridgehead atoms. The van der Waals surface area contributed by atoms with Crippen molar-refractivity contribution in [2.24, 2.45) is 5.73 Å². The summed E-state index contributed by atoms with van der Waals surface area (Å²) in [7, 11) is 0. The van der Waals surface area contributed by atoms with Gasteiger partial charge in [0.05, 0.1) is 21.1 Å². The minimum absolute atomic E-state index is 0.364. The molecule has 0 saturated heterocycles. The van der Waals surface area contributed by atoms with Crippen LogP contribution in [0.3, 0.4) is 0 Å². The van der Waals surface area contributed by atoms with Crippen molar-refractivity contribution in [2.45, 2.75) is 37.6 Å². The number of nitrogens with two attached hydrogens (primary N) is 1. The van der Waals surface area contributed by atoms with Crippen LogP contribution in [0.15, 0.2) is 22.7 Å². The van der Waals surface area contributed by atoms with E-state index in [1.54, 1.807) is 18.2 Å². The molecule has 3 rings (SSSR count). The standard InChI is InChI=1S/C14H15Cl2N3O/c15-10-6-4-5-9(11(10)16)12-18-13(19-20-12)14(17)7-2-1-3-8-14/h4-6H,1-3,7-8,17H2. The zero-order chi connectivity index (χ0) is 14.2. The molecule has 6 heteroatoms. The summed E-state index contributed by atoms with van der Waals surface area (Å²) in [6.45, 7) is 0. The van der Waals surface area contributed by atoms with Crippen LogP contribution in [-0.2, 0) is 5.54 Å². The highest BCUT2D eigenvalue weighted by atomic mass is 35.5. The largest absolute Gasteiger partial charge is 0.334 e. The predicted octanol–water partition coefficient (Wildman–Crippen LogP) is 4.16. The fourth-order valence-electron chi connectivity index (χ4n) is 2.61. The quantitative estimate of drug-likeness (QED) is 0.904. The first-order valence-corrected chi connectivity index (χ1v) is 7.43. The number of benzene rings is 1. The number of hydrogen-bond acceptors (Lipinski definition) is 4. The van der Waals surface area contributed by atoms with E-state index in [4.69, 9.17) is 33.5 Å². The summed E-state index contributed by atoms with van der Waals surface area (Å²) >= 11 is 12.2. The Morgan fingerprint density at radius 2 is 1.90 bits per heavy atom. The molecule has 0 radical (unpaired) electrons. The van der Waals surface area contributed by atoms with E-state index in [9.17, 15) is 0 Å². The van der Waals surface area contributed by atoms with Crippen LogP contribution in [0.1, 0.15) is 37.9 Å². The van der Waals surface area contributed by atoms with Gasteiger partial charge in [0.1, 0.15) is 0 Å². The van der Waals surface area contributed by atoms with Crippen LogP contribution >= 0.6 is 23.2 Å². The van der Waals surface area contributed by atoms with E-state index in [1.807, 2.05) is 0 Å². The van der Waals surface area contributed by atoms with Crippen LogP contribution in [0.2, 0.25) is 10.0 Å². The second kappa shape index (κ2) is 5.35. The highest BCUT2D eigenvalue weighted by Gasteiger charge is 2.34. The lowest BCUT2D eigenvalue weighted by molar-refractivity contribution is 0.275. The van der Waals surface area contributed by atoms with Gasteiger partial charge in [-0.05, 0) is 25.0 Å². The van der Waals surface area contributed by atoms with E-state index in [1.165, 1.54) is 6.42 Å². The molecule has 0 spiro atoms. The SMILES string of the molecule is NC1(c2noc(-c3cccc(Cl)c3Cl)n2)CCCCC1. The molecule has 1 saturated carbocycles. The molecule has 1 heterocycles. The predicted molar refractivity (Wildman–Crippen MR) is 78.7 cm³/mol. The number of rotatable bonds is 2. The van der Waals surface area contributed by atoms with E-state index < -0.39 is 5.54 Å². The van der Waals surface area contributed by atoms with Crippen molar-refractivity contribution in [2.75, 3.05) is 0 Å². The normalized spacial score (nSPS) is 18.1. The number of hydrogen-bond donors (Lipinski definition) is 1. The molecule has 1 fully saturated rings. The molecule has 2 aromatic rings. The number of halogens is 2. The molecule has 1 aliphatic rings. The molecule has 20 heavy (non-hydrogen) atoms. The van der Waals surface area contributed by atoms with Gasteiger partial charge >= 0.3 is 0 Å². The third kappa shape index (κ3) is 2.43.